The largest absolute Gasteiger partial charge is 0.349 e. The lowest BCUT2D eigenvalue weighted by atomic mass is 10.1. The summed E-state index contributed by atoms with van der Waals surface area (Å²) in [6.07, 6.45) is 0.146. The number of rotatable bonds is 1. The van der Waals surface area contributed by atoms with Crippen molar-refractivity contribution in [2.24, 2.45) is 0 Å². The molecular formula is C19H15N3S. The summed E-state index contributed by atoms with van der Waals surface area (Å²) in [5.74, 6) is 1.05. The minimum absolute atomic E-state index is 0.146. The molecule has 0 N–H and O–H groups in total. The number of hydrogen-bond acceptors (Lipinski definition) is 3. The first-order valence-electron chi connectivity index (χ1n) is 7.67. The quantitative estimate of drug-likeness (QED) is 0.504. The molecule has 1 atom stereocenters. The Hall–Kier alpha value is -2.59. The second kappa shape index (κ2) is 4.70. The van der Waals surface area contributed by atoms with Crippen molar-refractivity contribution in [1.82, 2.24) is 9.55 Å². The number of hydrogen-bond donors (Lipinski definition) is 0. The summed E-state index contributed by atoms with van der Waals surface area (Å²) in [7, 11) is 2.17. The van der Waals surface area contributed by atoms with Crippen molar-refractivity contribution < 1.29 is 0 Å². The Morgan fingerprint density at radius 2 is 1.78 bits per heavy atom. The Morgan fingerprint density at radius 3 is 2.65 bits per heavy atom. The second-order valence-electron chi connectivity index (χ2n) is 5.81. The maximum absolute atomic E-state index is 4.93. The smallest absolute Gasteiger partial charge is 0.145 e. The zero-order valence-electron chi connectivity index (χ0n) is 12.7. The van der Waals surface area contributed by atoms with E-state index in [0.29, 0.717) is 0 Å². The van der Waals surface area contributed by atoms with Crippen molar-refractivity contribution in [3.63, 3.8) is 0 Å². The molecule has 2 aromatic carbocycles. The zero-order chi connectivity index (χ0) is 15.4. The van der Waals surface area contributed by atoms with Crippen LogP contribution in [0.15, 0.2) is 66.0 Å². The molecule has 0 bridgehead atoms. The Bertz CT molecular complexity index is 1000. The molecule has 0 radical (unpaired) electrons. The topological polar surface area (TPSA) is 21.1 Å². The van der Waals surface area contributed by atoms with Crippen molar-refractivity contribution >= 4 is 28.1 Å². The molecule has 1 aliphatic heterocycles. The molecule has 112 valence electrons. The van der Waals surface area contributed by atoms with E-state index in [2.05, 4.69) is 82.6 Å². The highest BCUT2D eigenvalue weighted by Gasteiger charge is 2.32. The van der Waals surface area contributed by atoms with Gasteiger partial charge in [0.1, 0.15) is 12.0 Å². The summed E-state index contributed by atoms with van der Waals surface area (Å²) < 4.78 is 2.36. The van der Waals surface area contributed by atoms with Gasteiger partial charge in [-0.15, -0.1) is 11.3 Å². The summed E-state index contributed by atoms with van der Waals surface area (Å²) in [6.45, 7) is 0. The number of anilines is 1. The van der Waals surface area contributed by atoms with Crippen molar-refractivity contribution in [1.29, 1.82) is 0 Å². The molecule has 4 heteroatoms. The number of fused-ring (bicyclic) bond motifs is 5. The van der Waals surface area contributed by atoms with Gasteiger partial charge in [-0.3, -0.25) is 4.57 Å². The van der Waals surface area contributed by atoms with E-state index in [1.165, 1.54) is 21.6 Å². The van der Waals surface area contributed by atoms with E-state index in [1.54, 1.807) is 11.3 Å². The van der Waals surface area contributed by atoms with Gasteiger partial charge >= 0.3 is 0 Å². The summed E-state index contributed by atoms with van der Waals surface area (Å²) in [5, 5.41) is 2.14. The fourth-order valence-electron chi connectivity index (χ4n) is 3.51. The first-order chi connectivity index (χ1) is 11.3. The van der Waals surface area contributed by atoms with Gasteiger partial charge < -0.3 is 4.90 Å². The third kappa shape index (κ3) is 1.72. The van der Waals surface area contributed by atoms with Gasteiger partial charge in [0, 0.05) is 23.2 Å². The van der Waals surface area contributed by atoms with E-state index in [-0.39, 0.29) is 6.17 Å². The predicted molar refractivity (Wildman–Crippen MR) is 96.0 cm³/mol. The van der Waals surface area contributed by atoms with Gasteiger partial charge in [0.25, 0.3) is 0 Å². The van der Waals surface area contributed by atoms with E-state index < -0.39 is 0 Å². The molecule has 1 unspecified atom stereocenters. The Labute approximate surface area is 138 Å². The molecule has 0 aliphatic carbocycles. The third-order valence-electron chi connectivity index (χ3n) is 4.53. The zero-order valence-corrected chi connectivity index (χ0v) is 13.5. The lowest BCUT2D eigenvalue weighted by Gasteiger charge is -2.37. The van der Waals surface area contributed by atoms with Crippen LogP contribution in [0.3, 0.4) is 0 Å². The van der Waals surface area contributed by atoms with Crippen LogP contribution in [0.2, 0.25) is 0 Å². The number of para-hydroxylation sites is 3. The fraction of sp³-hybridized carbons (Fsp3) is 0.105. The van der Waals surface area contributed by atoms with E-state index in [0.717, 1.165) is 11.3 Å². The molecule has 5 rings (SSSR count). The van der Waals surface area contributed by atoms with E-state index >= 15 is 0 Å². The number of nitrogens with zero attached hydrogens (tertiary/aromatic N) is 3. The van der Waals surface area contributed by atoms with Gasteiger partial charge in [-0.25, -0.2) is 4.98 Å². The lowest BCUT2D eigenvalue weighted by Crippen LogP contribution is -2.33. The molecule has 3 nitrogen and oxygen atoms in total. The van der Waals surface area contributed by atoms with Crippen LogP contribution in [0.25, 0.3) is 22.4 Å². The Morgan fingerprint density at radius 1 is 0.957 bits per heavy atom. The first kappa shape index (κ1) is 12.9. The van der Waals surface area contributed by atoms with Crippen LogP contribution >= 0.6 is 11.3 Å². The molecule has 1 aliphatic rings. The number of aromatic nitrogens is 2. The maximum Gasteiger partial charge on any atom is 0.145 e. The van der Waals surface area contributed by atoms with Crippen molar-refractivity contribution in [3.8, 4) is 11.4 Å². The molecule has 3 heterocycles. The molecule has 0 saturated carbocycles. The highest BCUT2D eigenvalue weighted by Crippen LogP contribution is 2.44. The van der Waals surface area contributed by atoms with Gasteiger partial charge in [0.2, 0.25) is 0 Å². The van der Waals surface area contributed by atoms with Gasteiger partial charge in [0.05, 0.1) is 11.0 Å². The molecule has 0 amide bonds. The minimum Gasteiger partial charge on any atom is -0.349 e. The third-order valence-corrected chi connectivity index (χ3v) is 5.44. The van der Waals surface area contributed by atoms with Crippen LogP contribution in [0.4, 0.5) is 5.69 Å². The molecule has 0 fully saturated rings. The fourth-order valence-corrected chi connectivity index (χ4v) is 4.37. The monoisotopic (exact) mass is 317 g/mol. The van der Waals surface area contributed by atoms with Gasteiger partial charge in [-0.1, -0.05) is 30.3 Å². The predicted octanol–water partition coefficient (Wildman–Crippen LogP) is 4.76. The van der Waals surface area contributed by atoms with Crippen LogP contribution < -0.4 is 4.90 Å². The standard InChI is InChI=1S/C19H15N3S/c1-21-15-9-4-2-7-13(15)18-20-14-8-3-5-10-16(14)22(18)19(21)17-11-6-12-23-17/h2-12,19H,1H3. The van der Waals surface area contributed by atoms with E-state index in [9.17, 15) is 0 Å². The number of thiophene rings is 1. The second-order valence-corrected chi connectivity index (χ2v) is 6.79. The van der Waals surface area contributed by atoms with Crippen LogP contribution in [0.1, 0.15) is 11.0 Å². The molecule has 2 aromatic heterocycles. The minimum atomic E-state index is 0.146. The maximum atomic E-state index is 4.93. The van der Waals surface area contributed by atoms with E-state index in [1.807, 2.05) is 0 Å². The molecule has 0 spiro atoms. The summed E-state index contributed by atoms with van der Waals surface area (Å²) in [4.78, 5) is 8.60. The van der Waals surface area contributed by atoms with E-state index in [4.69, 9.17) is 4.98 Å². The van der Waals surface area contributed by atoms with Gasteiger partial charge in [0.15, 0.2) is 0 Å². The summed E-state index contributed by atoms with van der Waals surface area (Å²) in [6, 6.07) is 21.2. The van der Waals surface area contributed by atoms with Crippen molar-refractivity contribution in [2.75, 3.05) is 11.9 Å². The van der Waals surface area contributed by atoms with Crippen LogP contribution in [-0.4, -0.2) is 16.6 Å². The van der Waals surface area contributed by atoms with Crippen molar-refractivity contribution in [2.45, 2.75) is 6.17 Å². The SMILES string of the molecule is CN1c2ccccc2-c2nc3ccccc3n2C1c1cccs1. The molecular weight excluding hydrogens is 302 g/mol. The number of imidazole rings is 1. The highest BCUT2D eigenvalue weighted by molar-refractivity contribution is 7.10. The highest BCUT2D eigenvalue weighted by atomic mass is 32.1. The van der Waals surface area contributed by atoms with Crippen LogP contribution in [-0.2, 0) is 0 Å². The normalized spacial score (nSPS) is 16.4. The summed E-state index contributed by atoms with van der Waals surface area (Å²) >= 11 is 1.79. The average Bonchev–Trinajstić information content (AvgIpc) is 3.24. The van der Waals surface area contributed by atoms with Crippen LogP contribution in [0.5, 0.6) is 0 Å². The van der Waals surface area contributed by atoms with Gasteiger partial charge in [-0.2, -0.15) is 0 Å². The van der Waals surface area contributed by atoms with Crippen molar-refractivity contribution in [3.05, 3.63) is 70.9 Å². The average molecular weight is 317 g/mol. The summed E-state index contributed by atoms with van der Waals surface area (Å²) in [5.41, 5.74) is 4.66. The molecule has 23 heavy (non-hydrogen) atoms. The number of benzene rings is 2. The molecule has 0 saturated heterocycles. The molecule has 4 aromatic rings. The first-order valence-corrected chi connectivity index (χ1v) is 8.55. The Kier molecular flexibility index (Phi) is 2.64. The lowest BCUT2D eigenvalue weighted by molar-refractivity contribution is 0.591. The Balaban J connectivity index is 1.90. The van der Waals surface area contributed by atoms with Crippen LogP contribution in [0, 0.1) is 0 Å². The van der Waals surface area contributed by atoms with Gasteiger partial charge in [-0.05, 0) is 35.7 Å².